The molecule has 0 aromatic heterocycles. The van der Waals surface area contributed by atoms with E-state index in [4.69, 9.17) is 0 Å². The molecule has 17 heavy (non-hydrogen) atoms. The summed E-state index contributed by atoms with van der Waals surface area (Å²) in [6, 6.07) is 0. The van der Waals surface area contributed by atoms with Crippen LogP contribution in [0, 0.1) is 5.92 Å². The van der Waals surface area contributed by atoms with Gasteiger partial charge < -0.3 is 5.11 Å². The lowest BCUT2D eigenvalue weighted by Gasteiger charge is -2.18. The maximum Gasteiger partial charge on any atom is 0.0565 e. The maximum atomic E-state index is 9.99. The molecular weight excluding hydrogens is 208 g/mol. The van der Waals surface area contributed by atoms with E-state index in [9.17, 15) is 5.11 Å². The van der Waals surface area contributed by atoms with Crippen molar-refractivity contribution in [1.29, 1.82) is 0 Å². The molecule has 0 bridgehead atoms. The molecule has 0 aromatic rings. The van der Waals surface area contributed by atoms with E-state index >= 15 is 0 Å². The number of aliphatic hydroxyl groups excluding tert-OH is 1. The topological polar surface area (TPSA) is 20.2 Å². The number of aliphatic hydroxyl groups is 1. The fourth-order valence-electron chi connectivity index (χ4n) is 2.33. The van der Waals surface area contributed by atoms with Crippen molar-refractivity contribution in [2.24, 2.45) is 5.92 Å². The van der Waals surface area contributed by atoms with E-state index in [1.54, 1.807) is 0 Å². The van der Waals surface area contributed by atoms with Crippen LogP contribution < -0.4 is 0 Å². The first-order chi connectivity index (χ1) is 8.22. The van der Waals surface area contributed by atoms with Gasteiger partial charge in [0.1, 0.15) is 0 Å². The van der Waals surface area contributed by atoms with Crippen molar-refractivity contribution in [3.63, 3.8) is 0 Å². The highest BCUT2D eigenvalue weighted by Crippen LogP contribution is 2.18. The van der Waals surface area contributed by atoms with Crippen molar-refractivity contribution in [3.8, 4) is 0 Å². The summed E-state index contributed by atoms with van der Waals surface area (Å²) >= 11 is 0. The fourth-order valence-corrected chi connectivity index (χ4v) is 2.33. The summed E-state index contributed by atoms with van der Waals surface area (Å²) in [4.78, 5) is 0. The minimum absolute atomic E-state index is 0.0582. The molecule has 0 aliphatic carbocycles. The number of hydrogen-bond acceptors (Lipinski definition) is 1. The number of unbranched alkanes of at least 4 members (excludes halogenated alkanes) is 7. The molecule has 0 saturated heterocycles. The van der Waals surface area contributed by atoms with Gasteiger partial charge >= 0.3 is 0 Å². The molecule has 0 fully saturated rings. The van der Waals surface area contributed by atoms with Gasteiger partial charge in [0.15, 0.2) is 0 Å². The molecule has 104 valence electrons. The first kappa shape index (κ1) is 17.0. The summed E-state index contributed by atoms with van der Waals surface area (Å²) in [5.41, 5.74) is 0. The third kappa shape index (κ3) is 10.8. The van der Waals surface area contributed by atoms with Crippen molar-refractivity contribution in [3.05, 3.63) is 0 Å². The van der Waals surface area contributed by atoms with Gasteiger partial charge in [-0.25, -0.2) is 0 Å². The Hall–Kier alpha value is -0.0400. The van der Waals surface area contributed by atoms with Gasteiger partial charge in [0, 0.05) is 0 Å². The van der Waals surface area contributed by atoms with Gasteiger partial charge in [0.25, 0.3) is 0 Å². The van der Waals surface area contributed by atoms with Crippen LogP contribution in [-0.2, 0) is 0 Å². The summed E-state index contributed by atoms with van der Waals surface area (Å²) in [6.45, 7) is 6.68. The van der Waals surface area contributed by atoms with Gasteiger partial charge in [-0.05, 0) is 18.8 Å². The summed E-state index contributed by atoms with van der Waals surface area (Å²) in [5, 5.41) is 9.99. The Bertz CT molecular complexity index is 144. The lowest BCUT2D eigenvalue weighted by atomic mass is 9.93. The molecule has 0 rings (SSSR count). The maximum absolute atomic E-state index is 9.99. The summed E-state index contributed by atoms with van der Waals surface area (Å²) < 4.78 is 0. The highest BCUT2D eigenvalue weighted by atomic mass is 16.3. The molecule has 0 saturated carbocycles. The van der Waals surface area contributed by atoms with Crippen LogP contribution >= 0.6 is 0 Å². The Labute approximate surface area is 109 Å². The minimum atomic E-state index is -0.0582. The molecule has 1 N–H and O–H groups in total. The zero-order chi connectivity index (χ0) is 12.9. The van der Waals surface area contributed by atoms with Crippen LogP contribution in [0.1, 0.15) is 91.4 Å². The van der Waals surface area contributed by atoms with E-state index in [-0.39, 0.29) is 6.10 Å². The quantitative estimate of drug-likeness (QED) is 0.460. The molecule has 1 nitrogen and oxygen atoms in total. The number of rotatable bonds is 12. The zero-order valence-corrected chi connectivity index (χ0v) is 12.4. The fraction of sp³-hybridized carbons (Fsp3) is 1.00. The van der Waals surface area contributed by atoms with Crippen LogP contribution in [0.3, 0.4) is 0 Å². The Morgan fingerprint density at radius 3 is 1.82 bits per heavy atom. The van der Waals surface area contributed by atoms with Gasteiger partial charge in [-0.15, -0.1) is 0 Å². The third-order valence-electron chi connectivity index (χ3n) is 3.77. The van der Waals surface area contributed by atoms with Crippen LogP contribution in [0.15, 0.2) is 0 Å². The van der Waals surface area contributed by atoms with Crippen LogP contribution in [0.2, 0.25) is 0 Å². The van der Waals surface area contributed by atoms with Crippen LogP contribution in [-0.4, -0.2) is 11.2 Å². The smallest absolute Gasteiger partial charge is 0.0565 e. The van der Waals surface area contributed by atoms with Gasteiger partial charge in [0.2, 0.25) is 0 Å². The molecule has 0 aromatic carbocycles. The van der Waals surface area contributed by atoms with Crippen molar-refractivity contribution in [1.82, 2.24) is 0 Å². The van der Waals surface area contributed by atoms with Gasteiger partial charge in [-0.1, -0.05) is 78.6 Å². The average molecular weight is 242 g/mol. The SMILES string of the molecule is CCCCCCCCC(C)C(O)CCCCC. The first-order valence-corrected chi connectivity index (χ1v) is 7.90. The standard InChI is InChI=1S/C16H34O/c1-4-6-8-9-10-12-13-15(3)16(17)14-11-7-5-2/h15-17H,4-14H2,1-3H3. The predicted octanol–water partition coefficient (Wildman–Crippen LogP) is 5.31. The van der Waals surface area contributed by atoms with Crippen LogP contribution in [0.5, 0.6) is 0 Å². The first-order valence-electron chi connectivity index (χ1n) is 7.90. The Morgan fingerprint density at radius 2 is 1.18 bits per heavy atom. The zero-order valence-electron chi connectivity index (χ0n) is 12.4. The Kier molecular flexibility index (Phi) is 12.4. The minimum Gasteiger partial charge on any atom is -0.393 e. The average Bonchev–Trinajstić information content (AvgIpc) is 2.33. The summed E-state index contributed by atoms with van der Waals surface area (Å²) in [7, 11) is 0. The molecule has 0 amide bonds. The Morgan fingerprint density at radius 1 is 0.706 bits per heavy atom. The van der Waals surface area contributed by atoms with Crippen LogP contribution in [0.4, 0.5) is 0 Å². The van der Waals surface area contributed by atoms with E-state index in [2.05, 4.69) is 20.8 Å². The monoisotopic (exact) mass is 242 g/mol. The molecule has 0 heterocycles. The number of hydrogen-bond donors (Lipinski definition) is 1. The van der Waals surface area contributed by atoms with Gasteiger partial charge in [-0.2, -0.15) is 0 Å². The van der Waals surface area contributed by atoms with E-state index in [1.165, 1.54) is 64.2 Å². The normalized spacial score (nSPS) is 14.8. The lowest BCUT2D eigenvalue weighted by Crippen LogP contribution is -2.17. The molecule has 2 atom stereocenters. The molecule has 0 aliphatic heterocycles. The second kappa shape index (κ2) is 12.4. The molecule has 0 spiro atoms. The van der Waals surface area contributed by atoms with E-state index in [1.807, 2.05) is 0 Å². The van der Waals surface area contributed by atoms with Crippen molar-refractivity contribution < 1.29 is 5.11 Å². The van der Waals surface area contributed by atoms with Crippen molar-refractivity contribution >= 4 is 0 Å². The second-order valence-electron chi connectivity index (χ2n) is 5.60. The van der Waals surface area contributed by atoms with Crippen molar-refractivity contribution in [2.75, 3.05) is 0 Å². The van der Waals surface area contributed by atoms with Gasteiger partial charge in [0.05, 0.1) is 6.10 Å². The Balaban J connectivity index is 3.34. The second-order valence-corrected chi connectivity index (χ2v) is 5.60. The third-order valence-corrected chi connectivity index (χ3v) is 3.77. The van der Waals surface area contributed by atoms with Crippen molar-refractivity contribution in [2.45, 2.75) is 97.5 Å². The molecule has 2 unspecified atom stereocenters. The highest BCUT2D eigenvalue weighted by Gasteiger charge is 2.12. The highest BCUT2D eigenvalue weighted by molar-refractivity contribution is 4.65. The molecule has 1 heteroatoms. The van der Waals surface area contributed by atoms with E-state index in [0.29, 0.717) is 5.92 Å². The largest absolute Gasteiger partial charge is 0.393 e. The summed E-state index contributed by atoms with van der Waals surface area (Å²) in [6.07, 6.45) is 14.0. The van der Waals surface area contributed by atoms with E-state index in [0.717, 1.165) is 6.42 Å². The van der Waals surface area contributed by atoms with Crippen LogP contribution in [0.25, 0.3) is 0 Å². The van der Waals surface area contributed by atoms with E-state index < -0.39 is 0 Å². The predicted molar refractivity (Wildman–Crippen MR) is 77.3 cm³/mol. The summed E-state index contributed by atoms with van der Waals surface area (Å²) in [5.74, 6) is 0.498. The van der Waals surface area contributed by atoms with Gasteiger partial charge in [-0.3, -0.25) is 0 Å². The molecular formula is C16H34O. The lowest BCUT2D eigenvalue weighted by molar-refractivity contribution is 0.0986. The molecule has 0 aliphatic rings. The molecule has 0 radical (unpaired) electrons.